The van der Waals surface area contributed by atoms with Crippen LogP contribution in [0.1, 0.15) is 18.1 Å². The van der Waals surface area contributed by atoms with E-state index in [1.807, 2.05) is 6.92 Å². The Bertz CT molecular complexity index is 1390. The molecule has 0 spiro atoms. The number of sulfonamides is 1. The van der Waals surface area contributed by atoms with Gasteiger partial charge in [0.05, 0.1) is 17.7 Å². The van der Waals surface area contributed by atoms with E-state index in [9.17, 15) is 18.0 Å². The van der Waals surface area contributed by atoms with E-state index in [2.05, 4.69) is 5.32 Å². The van der Waals surface area contributed by atoms with Crippen molar-refractivity contribution in [1.29, 1.82) is 0 Å². The Morgan fingerprint density at radius 1 is 1.00 bits per heavy atom. The second-order valence-corrected chi connectivity index (χ2v) is 11.4. The third kappa shape index (κ3) is 6.98. The van der Waals surface area contributed by atoms with Crippen molar-refractivity contribution in [1.82, 2.24) is 10.2 Å². The van der Waals surface area contributed by atoms with Crippen LogP contribution in [0.15, 0.2) is 71.6 Å². The van der Waals surface area contributed by atoms with Crippen LogP contribution in [0.25, 0.3) is 0 Å². The highest BCUT2D eigenvalue weighted by atomic mass is 35.5. The number of hydrogen-bond donors (Lipinski definition) is 1. The van der Waals surface area contributed by atoms with Gasteiger partial charge in [-0.2, -0.15) is 0 Å². The lowest BCUT2D eigenvalue weighted by Gasteiger charge is -2.32. The number of rotatable bonds is 10. The number of amides is 2. The van der Waals surface area contributed by atoms with Gasteiger partial charge in [0.25, 0.3) is 10.0 Å². The second-order valence-electron chi connectivity index (χ2n) is 8.62. The maximum absolute atomic E-state index is 13.8. The number of benzene rings is 3. The molecule has 38 heavy (non-hydrogen) atoms. The normalized spacial score (nSPS) is 11.9. The van der Waals surface area contributed by atoms with Gasteiger partial charge in [0, 0.05) is 23.6 Å². The highest BCUT2D eigenvalue weighted by molar-refractivity contribution is 7.92. The average Bonchev–Trinajstić information content (AvgIpc) is 2.89. The molecule has 1 atom stereocenters. The molecule has 3 aromatic carbocycles. The number of hydrogen-bond acceptors (Lipinski definition) is 5. The molecule has 3 rings (SSSR count). The number of methoxy groups -OCH3 is 1. The first-order chi connectivity index (χ1) is 18.0. The van der Waals surface area contributed by atoms with Crippen LogP contribution in [-0.2, 0) is 26.2 Å². The van der Waals surface area contributed by atoms with Gasteiger partial charge in [-0.25, -0.2) is 8.42 Å². The largest absolute Gasteiger partial charge is 0.497 e. The van der Waals surface area contributed by atoms with E-state index in [1.165, 1.54) is 49.4 Å². The molecule has 11 heteroatoms. The van der Waals surface area contributed by atoms with Crippen LogP contribution in [0.2, 0.25) is 10.0 Å². The van der Waals surface area contributed by atoms with Crippen molar-refractivity contribution in [2.45, 2.75) is 31.3 Å². The van der Waals surface area contributed by atoms with Crippen molar-refractivity contribution < 1.29 is 22.7 Å². The number of ether oxygens (including phenoxy) is 1. The molecule has 0 fully saturated rings. The van der Waals surface area contributed by atoms with Crippen LogP contribution in [0.5, 0.6) is 5.75 Å². The van der Waals surface area contributed by atoms with Crippen LogP contribution >= 0.6 is 23.2 Å². The summed E-state index contributed by atoms with van der Waals surface area (Å²) >= 11 is 12.4. The van der Waals surface area contributed by atoms with Crippen LogP contribution in [0.3, 0.4) is 0 Å². The van der Waals surface area contributed by atoms with E-state index in [0.717, 1.165) is 9.87 Å². The third-order valence-corrected chi connectivity index (χ3v) is 8.15. The highest BCUT2D eigenvalue weighted by Crippen LogP contribution is 2.30. The molecular weight excluding hydrogens is 549 g/mol. The van der Waals surface area contributed by atoms with Crippen LogP contribution in [-0.4, -0.2) is 51.9 Å². The molecule has 1 unspecified atom stereocenters. The van der Waals surface area contributed by atoms with E-state index < -0.39 is 34.4 Å². The maximum atomic E-state index is 13.8. The average molecular weight is 579 g/mol. The predicted octanol–water partition coefficient (Wildman–Crippen LogP) is 4.67. The van der Waals surface area contributed by atoms with Crippen molar-refractivity contribution >= 4 is 50.7 Å². The number of anilines is 1. The van der Waals surface area contributed by atoms with Gasteiger partial charge in [0.1, 0.15) is 18.3 Å². The number of carbonyl (C=O) groups is 2. The number of aryl methyl sites for hydroxylation is 1. The van der Waals surface area contributed by atoms with Gasteiger partial charge in [-0.3, -0.25) is 13.9 Å². The summed E-state index contributed by atoms with van der Waals surface area (Å²) in [4.78, 5) is 27.7. The summed E-state index contributed by atoms with van der Waals surface area (Å²) in [6.45, 7) is 2.86. The molecule has 202 valence electrons. The lowest BCUT2D eigenvalue weighted by molar-refractivity contribution is -0.139. The monoisotopic (exact) mass is 577 g/mol. The van der Waals surface area contributed by atoms with Gasteiger partial charge in [0.15, 0.2) is 0 Å². The third-order valence-electron chi connectivity index (χ3n) is 5.92. The van der Waals surface area contributed by atoms with Gasteiger partial charge in [-0.15, -0.1) is 0 Å². The number of carbonyl (C=O) groups excluding carboxylic acids is 2. The zero-order chi connectivity index (χ0) is 28.0. The number of halogens is 2. The van der Waals surface area contributed by atoms with Crippen molar-refractivity contribution in [2.24, 2.45) is 0 Å². The number of nitrogens with one attached hydrogen (secondary N) is 1. The van der Waals surface area contributed by atoms with Gasteiger partial charge in [0.2, 0.25) is 11.8 Å². The molecule has 0 saturated heterocycles. The molecule has 3 aromatic rings. The first kappa shape index (κ1) is 29.3. The zero-order valence-corrected chi connectivity index (χ0v) is 23.8. The van der Waals surface area contributed by atoms with E-state index in [4.69, 9.17) is 27.9 Å². The number of nitrogens with zero attached hydrogens (tertiary/aromatic N) is 2. The molecule has 0 aliphatic rings. The molecule has 0 aliphatic carbocycles. The van der Waals surface area contributed by atoms with Crippen LogP contribution in [0.4, 0.5) is 5.69 Å². The van der Waals surface area contributed by atoms with E-state index in [1.54, 1.807) is 43.3 Å². The Labute approximate surface area is 233 Å². The molecule has 0 heterocycles. The molecule has 0 radical (unpaired) electrons. The first-order valence-electron chi connectivity index (χ1n) is 11.7. The molecule has 1 N–H and O–H groups in total. The Hall–Kier alpha value is -3.27. The Kier molecular flexibility index (Phi) is 9.65. The van der Waals surface area contributed by atoms with Gasteiger partial charge in [-0.05, 0) is 61.9 Å². The van der Waals surface area contributed by atoms with Gasteiger partial charge in [-0.1, -0.05) is 53.0 Å². The summed E-state index contributed by atoms with van der Waals surface area (Å²) in [7, 11) is -1.23. The summed E-state index contributed by atoms with van der Waals surface area (Å²) in [6.07, 6.45) is 0. The summed E-state index contributed by atoms with van der Waals surface area (Å²) in [5, 5.41) is 2.95. The molecule has 0 aromatic heterocycles. The fraction of sp³-hybridized carbons (Fsp3) is 0.259. The first-order valence-corrected chi connectivity index (χ1v) is 13.9. The molecule has 8 nitrogen and oxygen atoms in total. The highest BCUT2D eigenvalue weighted by Gasteiger charge is 2.32. The number of likely N-dealkylation sites (N-methyl/N-ethyl adjacent to an activating group) is 1. The van der Waals surface area contributed by atoms with E-state index in [-0.39, 0.29) is 27.2 Å². The van der Waals surface area contributed by atoms with E-state index >= 15 is 0 Å². The van der Waals surface area contributed by atoms with Crippen molar-refractivity contribution in [2.75, 3.05) is 25.0 Å². The Morgan fingerprint density at radius 3 is 2.21 bits per heavy atom. The standard InChI is InChI=1S/C27H29Cl2N3O5S/c1-18-8-10-25(11-9-18)38(35,36)32(23-14-21(28)13-22(29)15-23)17-26(33)31(19(2)27(34)30-3)16-20-6-5-7-24(12-20)37-4/h5-15,19H,16-17H2,1-4H3,(H,30,34). The lowest BCUT2D eigenvalue weighted by atomic mass is 10.1. The fourth-order valence-corrected chi connectivity index (χ4v) is 5.72. The topological polar surface area (TPSA) is 96.0 Å². The summed E-state index contributed by atoms with van der Waals surface area (Å²) < 4.78 is 33.8. The summed E-state index contributed by atoms with van der Waals surface area (Å²) in [5.41, 5.74) is 1.69. The minimum atomic E-state index is -4.22. The molecule has 0 bridgehead atoms. The van der Waals surface area contributed by atoms with Gasteiger partial charge < -0.3 is 15.0 Å². The SMILES string of the molecule is CNC(=O)C(C)N(Cc1cccc(OC)c1)C(=O)CN(c1cc(Cl)cc(Cl)c1)S(=O)(=O)c1ccc(C)cc1. The smallest absolute Gasteiger partial charge is 0.264 e. The van der Waals surface area contributed by atoms with Crippen molar-refractivity contribution in [3.63, 3.8) is 0 Å². The summed E-state index contributed by atoms with van der Waals surface area (Å²) in [5.74, 6) is -0.421. The molecule has 0 saturated carbocycles. The Balaban J connectivity index is 2.07. The van der Waals surface area contributed by atoms with Crippen LogP contribution in [0, 0.1) is 6.92 Å². The predicted molar refractivity (Wildman–Crippen MR) is 149 cm³/mol. The summed E-state index contributed by atoms with van der Waals surface area (Å²) in [6, 6.07) is 16.7. The van der Waals surface area contributed by atoms with Crippen molar-refractivity contribution in [3.8, 4) is 5.75 Å². The quantitative estimate of drug-likeness (QED) is 0.378. The van der Waals surface area contributed by atoms with E-state index in [0.29, 0.717) is 11.3 Å². The minimum absolute atomic E-state index is 0.00862. The van der Waals surface area contributed by atoms with Crippen molar-refractivity contribution in [3.05, 3.63) is 87.9 Å². The van der Waals surface area contributed by atoms with Gasteiger partial charge >= 0.3 is 0 Å². The zero-order valence-electron chi connectivity index (χ0n) is 21.4. The molecule has 0 aliphatic heterocycles. The molecule has 2 amide bonds. The minimum Gasteiger partial charge on any atom is -0.497 e. The molecular formula is C27H29Cl2N3O5S. The lowest BCUT2D eigenvalue weighted by Crippen LogP contribution is -2.50. The van der Waals surface area contributed by atoms with Crippen LogP contribution < -0.4 is 14.4 Å². The second kappa shape index (κ2) is 12.5. The Morgan fingerprint density at radius 2 is 1.63 bits per heavy atom. The fourth-order valence-electron chi connectivity index (χ4n) is 3.81. The maximum Gasteiger partial charge on any atom is 0.264 e.